The summed E-state index contributed by atoms with van der Waals surface area (Å²) in [5, 5.41) is 20.2. The Hall–Kier alpha value is -1.48. The quantitative estimate of drug-likeness (QED) is 0.923. The van der Waals surface area contributed by atoms with Gasteiger partial charge in [-0.2, -0.15) is 5.26 Å². The third kappa shape index (κ3) is 2.31. The van der Waals surface area contributed by atoms with Gasteiger partial charge in [0.1, 0.15) is 11.5 Å². The van der Waals surface area contributed by atoms with E-state index in [1.165, 1.54) is 14.2 Å². The van der Waals surface area contributed by atoms with Crippen LogP contribution in [-0.2, 0) is 4.74 Å². The molecule has 2 atom stereocenters. The van der Waals surface area contributed by atoms with Crippen molar-refractivity contribution in [1.82, 2.24) is 0 Å². The van der Waals surface area contributed by atoms with Gasteiger partial charge in [-0.15, -0.1) is 0 Å². The first-order chi connectivity index (χ1) is 9.59. The molecule has 1 aromatic rings. The van der Waals surface area contributed by atoms with E-state index in [-0.39, 0.29) is 11.6 Å². The standard InChI is InChI=1S/C14H16ClNO4/c1-18-10-4-3-9(11(15)12(10)19-2)13(17)14(7-16)5-6-20-8-14/h3-4,13,17H,5-6,8H2,1-2H3. The summed E-state index contributed by atoms with van der Waals surface area (Å²) >= 11 is 6.27. The van der Waals surface area contributed by atoms with E-state index in [2.05, 4.69) is 6.07 Å². The minimum absolute atomic E-state index is 0.190. The topological polar surface area (TPSA) is 71.7 Å². The molecule has 0 spiro atoms. The van der Waals surface area contributed by atoms with Crippen LogP contribution in [0.1, 0.15) is 18.1 Å². The number of hydrogen-bond donors (Lipinski definition) is 1. The molecule has 0 saturated carbocycles. The van der Waals surface area contributed by atoms with E-state index < -0.39 is 11.5 Å². The molecule has 1 N–H and O–H groups in total. The molecule has 108 valence electrons. The van der Waals surface area contributed by atoms with Crippen molar-refractivity contribution in [2.45, 2.75) is 12.5 Å². The van der Waals surface area contributed by atoms with Crippen LogP contribution >= 0.6 is 11.6 Å². The van der Waals surface area contributed by atoms with Gasteiger partial charge >= 0.3 is 0 Å². The minimum atomic E-state index is -1.04. The zero-order valence-corrected chi connectivity index (χ0v) is 12.1. The lowest BCUT2D eigenvalue weighted by Crippen LogP contribution is -2.28. The zero-order chi connectivity index (χ0) is 14.8. The van der Waals surface area contributed by atoms with Crippen molar-refractivity contribution in [1.29, 1.82) is 5.26 Å². The molecule has 5 nitrogen and oxygen atoms in total. The summed E-state index contributed by atoms with van der Waals surface area (Å²) in [4.78, 5) is 0. The first kappa shape index (κ1) is 14.9. The van der Waals surface area contributed by atoms with Gasteiger partial charge in [-0.05, 0) is 12.5 Å². The number of methoxy groups -OCH3 is 2. The summed E-state index contributed by atoms with van der Waals surface area (Å²) in [5.74, 6) is 0.819. The first-order valence-corrected chi connectivity index (χ1v) is 6.55. The van der Waals surface area contributed by atoms with Gasteiger partial charge in [-0.1, -0.05) is 17.7 Å². The third-order valence-electron chi connectivity index (χ3n) is 3.61. The van der Waals surface area contributed by atoms with E-state index in [0.29, 0.717) is 30.1 Å². The molecule has 1 aliphatic heterocycles. The second kappa shape index (κ2) is 5.88. The normalized spacial score (nSPS) is 23.1. The zero-order valence-electron chi connectivity index (χ0n) is 11.4. The summed E-state index contributed by atoms with van der Waals surface area (Å²) in [6.45, 7) is 0.644. The molecule has 0 bridgehead atoms. The number of benzene rings is 1. The van der Waals surface area contributed by atoms with E-state index in [0.717, 1.165) is 0 Å². The van der Waals surface area contributed by atoms with Gasteiger partial charge in [0.2, 0.25) is 0 Å². The van der Waals surface area contributed by atoms with E-state index >= 15 is 0 Å². The van der Waals surface area contributed by atoms with Crippen molar-refractivity contribution >= 4 is 11.6 Å². The Morgan fingerprint density at radius 3 is 2.70 bits per heavy atom. The summed E-state index contributed by atoms with van der Waals surface area (Å²) in [6, 6.07) is 5.46. The average molecular weight is 298 g/mol. The maximum absolute atomic E-state index is 10.6. The van der Waals surface area contributed by atoms with Crippen molar-refractivity contribution in [3.05, 3.63) is 22.7 Å². The van der Waals surface area contributed by atoms with Gasteiger partial charge in [-0.3, -0.25) is 0 Å². The van der Waals surface area contributed by atoms with Crippen LogP contribution in [0, 0.1) is 16.7 Å². The van der Waals surface area contributed by atoms with Crippen LogP contribution < -0.4 is 9.47 Å². The van der Waals surface area contributed by atoms with Gasteiger partial charge in [-0.25, -0.2) is 0 Å². The monoisotopic (exact) mass is 297 g/mol. The number of rotatable bonds is 4. The van der Waals surface area contributed by atoms with Crippen molar-refractivity contribution in [3.8, 4) is 17.6 Å². The summed E-state index contributed by atoms with van der Waals surface area (Å²) in [5.41, 5.74) is -0.528. The fraction of sp³-hybridized carbons (Fsp3) is 0.500. The highest BCUT2D eigenvalue weighted by atomic mass is 35.5. The molecule has 1 heterocycles. The van der Waals surface area contributed by atoms with E-state index in [4.69, 9.17) is 25.8 Å². The second-order valence-corrected chi connectivity index (χ2v) is 5.06. The number of halogens is 1. The molecule has 1 saturated heterocycles. The molecule has 1 fully saturated rings. The Morgan fingerprint density at radius 1 is 1.45 bits per heavy atom. The Bertz CT molecular complexity index is 535. The molecule has 1 aromatic carbocycles. The van der Waals surface area contributed by atoms with Crippen LogP contribution in [0.3, 0.4) is 0 Å². The summed E-state index contributed by atoms with van der Waals surface area (Å²) in [7, 11) is 2.98. The van der Waals surface area contributed by atoms with Gasteiger partial charge in [0.15, 0.2) is 11.5 Å². The maximum atomic E-state index is 10.6. The molecule has 2 rings (SSSR count). The van der Waals surface area contributed by atoms with E-state index in [1.54, 1.807) is 12.1 Å². The summed E-state index contributed by atoms with van der Waals surface area (Å²) in [6.07, 6.45) is -0.572. The van der Waals surface area contributed by atoms with Crippen molar-refractivity contribution < 1.29 is 19.3 Å². The first-order valence-electron chi connectivity index (χ1n) is 6.17. The molecular weight excluding hydrogens is 282 g/mol. The highest BCUT2D eigenvalue weighted by Crippen LogP contribution is 2.46. The van der Waals surface area contributed by atoms with Crippen LogP contribution in [0.2, 0.25) is 5.02 Å². The van der Waals surface area contributed by atoms with Crippen LogP contribution in [0.4, 0.5) is 0 Å². The number of hydrogen-bond acceptors (Lipinski definition) is 5. The number of nitriles is 1. The number of aliphatic hydroxyl groups excluding tert-OH is 1. The molecule has 2 unspecified atom stereocenters. The Balaban J connectivity index is 2.45. The average Bonchev–Trinajstić information content (AvgIpc) is 2.96. The number of aliphatic hydroxyl groups is 1. The van der Waals surface area contributed by atoms with Crippen LogP contribution in [-0.4, -0.2) is 32.5 Å². The molecule has 20 heavy (non-hydrogen) atoms. The smallest absolute Gasteiger partial charge is 0.179 e. The van der Waals surface area contributed by atoms with E-state index in [9.17, 15) is 10.4 Å². The van der Waals surface area contributed by atoms with Gasteiger partial charge < -0.3 is 19.3 Å². The maximum Gasteiger partial charge on any atom is 0.179 e. The molecule has 1 aliphatic rings. The highest BCUT2D eigenvalue weighted by Gasteiger charge is 2.44. The SMILES string of the molecule is COc1ccc(C(O)C2(C#N)CCOC2)c(Cl)c1OC. The largest absolute Gasteiger partial charge is 0.493 e. The highest BCUT2D eigenvalue weighted by molar-refractivity contribution is 6.33. The van der Waals surface area contributed by atoms with Crippen molar-refractivity contribution in [2.75, 3.05) is 27.4 Å². The molecule has 0 aromatic heterocycles. The molecule has 0 radical (unpaired) electrons. The lowest BCUT2D eigenvalue weighted by Gasteiger charge is -2.27. The van der Waals surface area contributed by atoms with Crippen LogP contribution in [0.15, 0.2) is 12.1 Å². The van der Waals surface area contributed by atoms with E-state index in [1.807, 2.05) is 0 Å². The summed E-state index contributed by atoms with van der Waals surface area (Å²) < 4.78 is 15.6. The fourth-order valence-corrected chi connectivity index (χ4v) is 2.70. The molecule has 6 heteroatoms. The van der Waals surface area contributed by atoms with Crippen molar-refractivity contribution in [2.24, 2.45) is 5.41 Å². The lowest BCUT2D eigenvalue weighted by atomic mass is 9.79. The fourth-order valence-electron chi connectivity index (χ4n) is 2.36. The predicted molar refractivity (Wildman–Crippen MR) is 73.0 cm³/mol. The van der Waals surface area contributed by atoms with Gasteiger partial charge in [0.05, 0.1) is 31.9 Å². The van der Waals surface area contributed by atoms with Crippen LogP contribution in [0.25, 0.3) is 0 Å². The third-order valence-corrected chi connectivity index (χ3v) is 4.00. The van der Waals surface area contributed by atoms with Crippen LogP contribution in [0.5, 0.6) is 11.5 Å². The second-order valence-electron chi connectivity index (χ2n) is 4.68. The molecule has 0 aliphatic carbocycles. The Kier molecular flexibility index (Phi) is 4.39. The predicted octanol–water partition coefficient (Wildman–Crippen LogP) is 2.32. The minimum Gasteiger partial charge on any atom is -0.493 e. The lowest BCUT2D eigenvalue weighted by molar-refractivity contribution is 0.0503. The number of ether oxygens (including phenoxy) is 3. The Morgan fingerprint density at radius 2 is 2.20 bits per heavy atom. The van der Waals surface area contributed by atoms with Gasteiger partial charge in [0.25, 0.3) is 0 Å². The van der Waals surface area contributed by atoms with Crippen molar-refractivity contribution in [3.63, 3.8) is 0 Å². The Labute approximate surface area is 122 Å². The molecular formula is C14H16ClNO4. The number of nitrogens with zero attached hydrogens (tertiary/aromatic N) is 1. The van der Waals surface area contributed by atoms with Gasteiger partial charge in [0, 0.05) is 12.2 Å². The molecule has 0 amide bonds.